The zero-order valence-corrected chi connectivity index (χ0v) is 16.7. The van der Waals surface area contributed by atoms with Crippen molar-refractivity contribution in [1.29, 1.82) is 0 Å². The summed E-state index contributed by atoms with van der Waals surface area (Å²) in [7, 11) is -5.83. The molecule has 0 aliphatic rings. The lowest BCUT2D eigenvalue weighted by Gasteiger charge is -2.25. The average molecular weight is 422 g/mol. The lowest BCUT2D eigenvalue weighted by molar-refractivity contribution is 0.263. The van der Waals surface area contributed by atoms with E-state index in [0.29, 0.717) is 0 Å². The third-order valence-electron chi connectivity index (χ3n) is 3.68. The summed E-state index contributed by atoms with van der Waals surface area (Å²) in [5.74, 6) is -2.25. The van der Waals surface area contributed by atoms with Crippen molar-refractivity contribution >= 4 is 29.2 Å². The second kappa shape index (κ2) is 8.17. The van der Waals surface area contributed by atoms with Crippen molar-refractivity contribution in [3.63, 3.8) is 0 Å². The highest BCUT2D eigenvalue weighted by atomic mass is 35.5. The van der Waals surface area contributed by atoms with E-state index in [1.807, 2.05) is 6.92 Å². The zero-order valence-electron chi connectivity index (χ0n) is 14.3. The van der Waals surface area contributed by atoms with Crippen molar-refractivity contribution in [3.05, 3.63) is 64.4 Å². The predicted molar refractivity (Wildman–Crippen MR) is 97.3 cm³/mol. The molecule has 0 saturated carbocycles. The molecule has 0 fully saturated rings. The van der Waals surface area contributed by atoms with Crippen LogP contribution in [0.1, 0.15) is 16.9 Å². The van der Waals surface area contributed by atoms with E-state index in [2.05, 4.69) is 4.72 Å². The third-order valence-corrected chi connectivity index (χ3v) is 7.68. The van der Waals surface area contributed by atoms with Gasteiger partial charge in [-0.15, -0.1) is 0 Å². The Morgan fingerprint density at radius 3 is 2.19 bits per heavy atom. The molecule has 26 heavy (non-hydrogen) atoms. The van der Waals surface area contributed by atoms with Gasteiger partial charge in [-0.05, 0) is 36.8 Å². The molecule has 0 heterocycles. The van der Waals surface area contributed by atoms with Crippen LogP contribution in [0.2, 0.25) is 5.02 Å². The average Bonchev–Trinajstić information content (AvgIpc) is 2.62. The SMILES string of the molecule is COP(=O)(OC)C(NS(=O)(=O)c1ccc(C)cc1)c1ccc(Cl)c(F)c1. The van der Waals surface area contributed by atoms with Gasteiger partial charge in [0, 0.05) is 14.2 Å². The molecule has 1 unspecified atom stereocenters. The van der Waals surface area contributed by atoms with Crippen LogP contribution in [0.25, 0.3) is 0 Å². The van der Waals surface area contributed by atoms with E-state index in [0.717, 1.165) is 25.8 Å². The van der Waals surface area contributed by atoms with Crippen molar-refractivity contribution in [2.24, 2.45) is 0 Å². The first-order valence-electron chi connectivity index (χ1n) is 7.38. The Kier molecular flexibility index (Phi) is 6.60. The number of benzene rings is 2. The first-order chi connectivity index (χ1) is 12.1. The monoisotopic (exact) mass is 421 g/mol. The standard InChI is InChI=1S/C16H18ClFNO5PS/c1-11-4-7-13(8-5-11)26(21,22)19-16(25(20,23-2)24-3)12-6-9-14(17)15(18)10-12/h4-10,16,19H,1-3H3. The Labute approximate surface area is 156 Å². The topological polar surface area (TPSA) is 81.7 Å². The van der Waals surface area contributed by atoms with Gasteiger partial charge in [0.25, 0.3) is 0 Å². The van der Waals surface area contributed by atoms with Crippen LogP contribution in [0, 0.1) is 12.7 Å². The van der Waals surface area contributed by atoms with Gasteiger partial charge in [0.05, 0.1) is 9.92 Å². The van der Waals surface area contributed by atoms with Crippen LogP contribution in [-0.4, -0.2) is 22.6 Å². The molecule has 2 rings (SSSR count). The van der Waals surface area contributed by atoms with Gasteiger partial charge in [0.15, 0.2) is 0 Å². The van der Waals surface area contributed by atoms with E-state index in [-0.39, 0.29) is 15.5 Å². The van der Waals surface area contributed by atoms with Crippen LogP contribution in [0.15, 0.2) is 47.4 Å². The summed E-state index contributed by atoms with van der Waals surface area (Å²) in [4.78, 5) is -0.0405. The van der Waals surface area contributed by atoms with E-state index in [1.54, 1.807) is 12.1 Å². The van der Waals surface area contributed by atoms with Crippen LogP contribution in [0.4, 0.5) is 4.39 Å². The summed E-state index contributed by atoms with van der Waals surface area (Å²) >= 11 is 5.67. The first kappa shape index (κ1) is 21.0. The number of aryl methyl sites for hydroxylation is 1. The van der Waals surface area contributed by atoms with Gasteiger partial charge in [-0.1, -0.05) is 35.4 Å². The summed E-state index contributed by atoms with van der Waals surface area (Å²) in [6.45, 7) is 1.81. The Balaban J connectivity index is 2.52. The van der Waals surface area contributed by atoms with E-state index in [1.165, 1.54) is 24.3 Å². The molecule has 1 atom stereocenters. The van der Waals surface area contributed by atoms with E-state index < -0.39 is 29.2 Å². The molecular weight excluding hydrogens is 404 g/mol. The van der Waals surface area contributed by atoms with Gasteiger partial charge in [0.2, 0.25) is 10.0 Å². The molecule has 0 aromatic heterocycles. The molecule has 0 saturated heterocycles. The molecule has 6 nitrogen and oxygen atoms in total. The minimum absolute atomic E-state index is 0.0405. The maximum Gasteiger partial charge on any atom is 0.352 e. The van der Waals surface area contributed by atoms with Crippen LogP contribution in [-0.2, 0) is 23.6 Å². The number of rotatable bonds is 7. The van der Waals surface area contributed by atoms with Gasteiger partial charge in [0.1, 0.15) is 11.6 Å². The Morgan fingerprint density at radius 2 is 1.69 bits per heavy atom. The van der Waals surface area contributed by atoms with Gasteiger partial charge >= 0.3 is 7.60 Å². The summed E-state index contributed by atoms with van der Waals surface area (Å²) < 4.78 is 64.3. The van der Waals surface area contributed by atoms with E-state index >= 15 is 0 Å². The number of nitrogens with one attached hydrogen (secondary N) is 1. The highest BCUT2D eigenvalue weighted by Gasteiger charge is 2.39. The zero-order chi connectivity index (χ0) is 19.5. The molecule has 0 aliphatic heterocycles. The van der Waals surface area contributed by atoms with Crippen molar-refractivity contribution < 1.29 is 26.4 Å². The molecule has 142 valence electrons. The van der Waals surface area contributed by atoms with E-state index in [4.69, 9.17) is 20.6 Å². The fourth-order valence-corrected chi connectivity index (χ4v) is 5.42. The number of hydrogen-bond donors (Lipinski definition) is 1. The largest absolute Gasteiger partial charge is 0.352 e. The molecule has 0 spiro atoms. The first-order valence-corrected chi connectivity index (χ1v) is 10.9. The molecule has 10 heteroatoms. The summed E-state index contributed by atoms with van der Waals surface area (Å²) in [5, 5.41) is -0.154. The lowest BCUT2D eigenvalue weighted by Crippen LogP contribution is -2.29. The molecule has 0 aliphatic carbocycles. The minimum Gasteiger partial charge on any atom is -0.311 e. The summed E-state index contributed by atoms with van der Waals surface area (Å²) in [6, 6.07) is 9.61. The van der Waals surface area contributed by atoms with Crippen molar-refractivity contribution in [1.82, 2.24) is 4.72 Å². The van der Waals surface area contributed by atoms with Crippen LogP contribution in [0.3, 0.4) is 0 Å². The minimum atomic E-state index is -4.09. The van der Waals surface area contributed by atoms with E-state index in [9.17, 15) is 17.4 Å². The highest BCUT2D eigenvalue weighted by molar-refractivity contribution is 7.89. The van der Waals surface area contributed by atoms with Crippen molar-refractivity contribution in [3.8, 4) is 0 Å². The Bertz CT molecular complexity index is 928. The van der Waals surface area contributed by atoms with Gasteiger partial charge in [-0.25, -0.2) is 12.8 Å². The fraction of sp³-hybridized carbons (Fsp3) is 0.250. The smallest absolute Gasteiger partial charge is 0.311 e. The maximum atomic E-state index is 13.9. The summed E-state index contributed by atoms with van der Waals surface area (Å²) in [6.07, 6.45) is 0. The molecular formula is C16H18ClFNO5PS. The number of halogens is 2. The molecule has 0 amide bonds. The van der Waals surface area contributed by atoms with Crippen LogP contribution in [0.5, 0.6) is 0 Å². The molecule has 2 aromatic carbocycles. The molecule has 0 radical (unpaired) electrons. The van der Waals surface area contributed by atoms with Gasteiger partial charge < -0.3 is 9.05 Å². The Hall–Kier alpha value is -1.28. The highest BCUT2D eigenvalue weighted by Crippen LogP contribution is 2.59. The predicted octanol–water partition coefficient (Wildman–Crippen LogP) is 4.25. The second-order valence-corrected chi connectivity index (χ2v) is 9.86. The van der Waals surface area contributed by atoms with Crippen molar-refractivity contribution in [2.75, 3.05) is 14.2 Å². The van der Waals surface area contributed by atoms with Crippen molar-refractivity contribution in [2.45, 2.75) is 17.6 Å². The molecule has 0 bridgehead atoms. The van der Waals surface area contributed by atoms with Crippen LogP contribution < -0.4 is 4.72 Å². The molecule has 1 N–H and O–H groups in total. The van der Waals surface area contributed by atoms with Gasteiger partial charge in [-0.3, -0.25) is 4.57 Å². The molecule has 2 aromatic rings. The maximum absolute atomic E-state index is 13.9. The Morgan fingerprint density at radius 1 is 1.12 bits per heavy atom. The number of hydrogen-bond acceptors (Lipinski definition) is 5. The van der Waals surface area contributed by atoms with Crippen LogP contribution >= 0.6 is 19.2 Å². The van der Waals surface area contributed by atoms with Gasteiger partial charge in [-0.2, -0.15) is 4.72 Å². The summed E-state index contributed by atoms with van der Waals surface area (Å²) in [5.41, 5.74) is 0.925. The lowest BCUT2D eigenvalue weighted by atomic mass is 10.2. The second-order valence-electron chi connectivity index (χ2n) is 5.42. The third kappa shape index (κ3) is 4.52. The number of sulfonamides is 1. The normalized spacial score (nSPS) is 13.6. The quantitative estimate of drug-likeness (QED) is 0.676. The fourth-order valence-electron chi connectivity index (χ4n) is 2.22.